The Morgan fingerprint density at radius 2 is 1.59 bits per heavy atom. The van der Waals surface area contributed by atoms with E-state index < -0.39 is 26.4 Å². The van der Waals surface area contributed by atoms with E-state index in [0.717, 1.165) is 6.07 Å². The lowest BCUT2D eigenvalue weighted by atomic mass is 10.1. The van der Waals surface area contributed by atoms with Crippen LogP contribution in [0.25, 0.3) is 0 Å². The van der Waals surface area contributed by atoms with Gasteiger partial charge in [-0.1, -0.05) is 30.3 Å². The van der Waals surface area contributed by atoms with Crippen molar-refractivity contribution in [2.24, 2.45) is 0 Å². The number of piperidine rings is 1. The van der Waals surface area contributed by atoms with E-state index in [9.17, 15) is 26.8 Å². The van der Waals surface area contributed by atoms with Crippen LogP contribution in [-0.4, -0.2) is 56.7 Å². The van der Waals surface area contributed by atoms with Crippen LogP contribution in [0.4, 0.5) is 25.0 Å². The molecule has 1 aliphatic rings. The number of para-hydroxylation sites is 2. The first-order valence-corrected chi connectivity index (χ1v) is 11.6. The molecule has 0 atom stereocenters. The zero-order valence-corrected chi connectivity index (χ0v) is 17.9. The Morgan fingerprint density at radius 1 is 0.969 bits per heavy atom. The average molecular weight is 467 g/mol. The minimum absolute atomic E-state index is 0.0218. The van der Waals surface area contributed by atoms with Gasteiger partial charge in [0, 0.05) is 24.8 Å². The second-order valence-corrected chi connectivity index (χ2v) is 9.25. The van der Waals surface area contributed by atoms with Gasteiger partial charge in [0.25, 0.3) is 0 Å². The lowest BCUT2D eigenvalue weighted by Gasteiger charge is -2.31. The van der Waals surface area contributed by atoms with E-state index in [0.29, 0.717) is 31.6 Å². The maximum absolute atomic E-state index is 12.9. The fourth-order valence-corrected chi connectivity index (χ4v) is 4.30. The van der Waals surface area contributed by atoms with Crippen molar-refractivity contribution in [1.82, 2.24) is 10.2 Å². The zero-order valence-electron chi connectivity index (χ0n) is 17.1. The SMILES string of the molecule is O=C(CN1CCC(NC(=O)Nc2ccccc2)CC1)Nc1ccccc1S(=O)(=O)C(F)F. The van der Waals surface area contributed by atoms with Gasteiger partial charge in [0.15, 0.2) is 0 Å². The summed E-state index contributed by atoms with van der Waals surface area (Å²) < 4.78 is 49.4. The largest absolute Gasteiger partial charge is 0.341 e. The maximum atomic E-state index is 12.9. The fraction of sp³-hybridized carbons (Fsp3) is 0.333. The van der Waals surface area contributed by atoms with Crippen molar-refractivity contribution in [2.45, 2.75) is 29.5 Å². The number of hydrogen-bond acceptors (Lipinski definition) is 5. The Morgan fingerprint density at radius 3 is 2.25 bits per heavy atom. The Labute approximate surface area is 184 Å². The van der Waals surface area contributed by atoms with Gasteiger partial charge in [0.2, 0.25) is 15.7 Å². The molecule has 0 saturated carbocycles. The molecule has 1 saturated heterocycles. The molecule has 2 aromatic carbocycles. The van der Waals surface area contributed by atoms with Crippen LogP contribution in [0.15, 0.2) is 59.5 Å². The topological polar surface area (TPSA) is 108 Å². The second kappa shape index (κ2) is 10.5. The van der Waals surface area contributed by atoms with Crippen LogP contribution in [0.2, 0.25) is 0 Å². The lowest BCUT2D eigenvalue weighted by molar-refractivity contribution is -0.117. The monoisotopic (exact) mass is 466 g/mol. The Hall–Kier alpha value is -3.05. The molecule has 3 amide bonds. The number of nitrogens with one attached hydrogen (secondary N) is 3. The summed E-state index contributed by atoms with van der Waals surface area (Å²) in [6.07, 6.45) is 1.26. The van der Waals surface area contributed by atoms with Gasteiger partial charge in [0.1, 0.15) is 0 Å². The molecule has 2 aromatic rings. The van der Waals surface area contributed by atoms with Crippen LogP contribution in [0.3, 0.4) is 0 Å². The molecule has 1 aliphatic heterocycles. The molecule has 3 rings (SSSR count). The molecule has 32 heavy (non-hydrogen) atoms. The number of alkyl halides is 2. The predicted molar refractivity (Wildman–Crippen MR) is 116 cm³/mol. The molecule has 172 valence electrons. The third kappa shape index (κ3) is 6.24. The van der Waals surface area contributed by atoms with E-state index in [1.165, 1.54) is 18.2 Å². The number of urea groups is 1. The molecule has 1 heterocycles. The van der Waals surface area contributed by atoms with E-state index in [1.54, 1.807) is 12.1 Å². The van der Waals surface area contributed by atoms with Gasteiger partial charge < -0.3 is 16.0 Å². The minimum Gasteiger partial charge on any atom is -0.335 e. The van der Waals surface area contributed by atoms with Crippen LogP contribution in [-0.2, 0) is 14.6 Å². The Balaban J connectivity index is 1.48. The van der Waals surface area contributed by atoms with Gasteiger partial charge in [-0.25, -0.2) is 13.2 Å². The standard InChI is InChI=1S/C21H24F2N4O4S/c22-20(23)32(30,31)18-9-5-4-8-17(18)26-19(28)14-27-12-10-16(11-13-27)25-21(29)24-15-6-2-1-3-7-15/h1-9,16,20H,10-14H2,(H,26,28)(H2,24,25,29). The van der Waals surface area contributed by atoms with Crippen molar-refractivity contribution in [2.75, 3.05) is 30.3 Å². The van der Waals surface area contributed by atoms with Crippen LogP contribution < -0.4 is 16.0 Å². The number of carbonyl (C=O) groups is 2. The van der Waals surface area contributed by atoms with E-state index in [4.69, 9.17) is 0 Å². The second-order valence-electron chi connectivity index (χ2n) is 7.36. The van der Waals surface area contributed by atoms with Gasteiger partial charge in [-0.15, -0.1) is 0 Å². The number of nitrogens with zero attached hydrogens (tertiary/aromatic N) is 1. The fourth-order valence-electron chi connectivity index (χ4n) is 3.42. The first kappa shape index (κ1) is 23.6. The number of halogens is 2. The number of rotatable bonds is 7. The van der Waals surface area contributed by atoms with Crippen LogP contribution in [0.1, 0.15) is 12.8 Å². The van der Waals surface area contributed by atoms with Crippen molar-refractivity contribution in [3.8, 4) is 0 Å². The molecule has 3 N–H and O–H groups in total. The third-order valence-corrected chi connectivity index (χ3v) is 6.46. The highest BCUT2D eigenvalue weighted by molar-refractivity contribution is 7.91. The summed E-state index contributed by atoms with van der Waals surface area (Å²) in [4.78, 5) is 25.7. The Bertz CT molecular complexity index is 1040. The molecule has 0 radical (unpaired) electrons. The quantitative estimate of drug-likeness (QED) is 0.582. The highest BCUT2D eigenvalue weighted by atomic mass is 32.2. The molecule has 0 aromatic heterocycles. The first-order valence-electron chi connectivity index (χ1n) is 10.0. The summed E-state index contributed by atoms with van der Waals surface area (Å²) in [5.74, 6) is -4.08. The zero-order chi connectivity index (χ0) is 23.1. The molecule has 0 bridgehead atoms. The Kier molecular flexibility index (Phi) is 7.75. The van der Waals surface area contributed by atoms with E-state index >= 15 is 0 Å². The summed E-state index contributed by atoms with van der Waals surface area (Å²) in [6.45, 7) is 1.06. The third-order valence-electron chi connectivity index (χ3n) is 5.02. The number of hydrogen-bond donors (Lipinski definition) is 3. The molecular formula is C21H24F2N4O4S. The van der Waals surface area contributed by atoms with Gasteiger partial charge in [0.05, 0.1) is 17.1 Å². The summed E-state index contributed by atoms with van der Waals surface area (Å²) in [6, 6.07) is 13.8. The highest BCUT2D eigenvalue weighted by Crippen LogP contribution is 2.26. The van der Waals surface area contributed by atoms with E-state index in [2.05, 4.69) is 16.0 Å². The van der Waals surface area contributed by atoms with E-state index in [1.807, 2.05) is 23.1 Å². The van der Waals surface area contributed by atoms with Crippen molar-refractivity contribution >= 4 is 33.2 Å². The average Bonchev–Trinajstić information content (AvgIpc) is 2.76. The molecule has 0 unspecified atom stereocenters. The number of sulfone groups is 1. The molecule has 1 fully saturated rings. The number of carbonyl (C=O) groups excluding carboxylic acids is 2. The molecule has 11 heteroatoms. The maximum Gasteiger partial charge on any atom is 0.341 e. The van der Waals surface area contributed by atoms with Crippen molar-refractivity contribution < 1.29 is 26.8 Å². The van der Waals surface area contributed by atoms with Gasteiger partial charge in [-0.05, 0) is 37.1 Å². The number of amides is 3. The number of likely N-dealkylation sites (tertiary alicyclic amines) is 1. The van der Waals surface area contributed by atoms with Crippen molar-refractivity contribution in [3.63, 3.8) is 0 Å². The van der Waals surface area contributed by atoms with Crippen LogP contribution >= 0.6 is 0 Å². The van der Waals surface area contributed by atoms with Gasteiger partial charge >= 0.3 is 11.8 Å². The molecule has 0 aliphatic carbocycles. The van der Waals surface area contributed by atoms with E-state index in [-0.39, 0.29) is 24.3 Å². The predicted octanol–water partition coefficient (Wildman–Crippen LogP) is 2.91. The van der Waals surface area contributed by atoms with Crippen LogP contribution in [0.5, 0.6) is 0 Å². The summed E-state index contributed by atoms with van der Waals surface area (Å²) in [5.41, 5.74) is 0.514. The molecular weight excluding hydrogens is 442 g/mol. The minimum atomic E-state index is -4.84. The smallest absolute Gasteiger partial charge is 0.335 e. The van der Waals surface area contributed by atoms with Gasteiger partial charge in [-0.2, -0.15) is 8.78 Å². The van der Waals surface area contributed by atoms with Gasteiger partial charge in [-0.3, -0.25) is 9.69 Å². The van der Waals surface area contributed by atoms with Crippen LogP contribution in [0, 0.1) is 0 Å². The molecule has 0 spiro atoms. The van der Waals surface area contributed by atoms with Crippen molar-refractivity contribution in [1.29, 1.82) is 0 Å². The number of benzene rings is 2. The summed E-state index contributed by atoms with van der Waals surface area (Å²) >= 11 is 0. The number of anilines is 2. The molecule has 8 nitrogen and oxygen atoms in total. The normalized spacial score (nSPS) is 15.3. The highest BCUT2D eigenvalue weighted by Gasteiger charge is 2.30. The summed E-state index contributed by atoms with van der Waals surface area (Å²) in [7, 11) is -4.84. The van der Waals surface area contributed by atoms with Crippen molar-refractivity contribution in [3.05, 3.63) is 54.6 Å². The first-order chi connectivity index (χ1) is 15.3. The lowest BCUT2D eigenvalue weighted by Crippen LogP contribution is -2.47. The summed E-state index contributed by atoms with van der Waals surface area (Å²) in [5, 5.41) is 8.07.